The second kappa shape index (κ2) is 5.01. The predicted octanol–water partition coefficient (Wildman–Crippen LogP) is 2.58. The van der Waals surface area contributed by atoms with Crippen LogP contribution in [-0.4, -0.2) is 5.16 Å². The lowest BCUT2D eigenvalue weighted by Gasteiger charge is -2.07. The van der Waals surface area contributed by atoms with Gasteiger partial charge in [0.1, 0.15) is 12.4 Å². The third kappa shape index (κ3) is 3.07. The molecule has 0 saturated carbocycles. The molecule has 17 heavy (non-hydrogen) atoms. The lowest BCUT2D eigenvalue weighted by molar-refractivity contribution is 0.248. The van der Waals surface area contributed by atoms with Crippen LogP contribution in [0.1, 0.15) is 30.0 Å². The highest BCUT2D eigenvalue weighted by molar-refractivity contribution is 5.28. The Morgan fingerprint density at radius 3 is 2.59 bits per heavy atom. The minimum absolute atomic E-state index is 0.0426. The second-order valence-electron chi connectivity index (χ2n) is 4.08. The molecule has 0 unspecified atom stereocenters. The van der Waals surface area contributed by atoms with E-state index < -0.39 is 0 Å². The summed E-state index contributed by atoms with van der Waals surface area (Å²) in [6.45, 7) is 4.22. The molecule has 1 aromatic heterocycles. The second-order valence-corrected chi connectivity index (χ2v) is 4.08. The Bertz CT molecular complexity index is 474. The van der Waals surface area contributed by atoms with Crippen LogP contribution in [0, 0.1) is 6.92 Å². The van der Waals surface area contributed by atoms with E-state index in [1.54, 1.807) is 0 Å². The van der Waals surface area contributed by atoms with Gasteiger partial charge in [-0.3, -0.25) is 0 Å². The van der Waals surface area contributed by atoms with E-state index in [2.05, 4.69) is 5.16 Å². The van der Waals surface area contributed by atoms with Gasteiger partial charge in [0.05, 0.1) is 5.69 Å². The SMILES string of the molecule is Cc1cc(COc2ccc([C@@H](C)N)cc2)on1. The van der Waals surface area contributed by atoms with E-state index in [0.717, 1.165) is 22.8 Å². The molecule has 0 aliphatic rings. The first-order valence-electron chi connectivity index (χ1n) is 5.55. The fourth-order valence-corrected chi connectivity index (χ4v) is 1.51. The Kier molecular flexibility index (Phi) is 3.44. The molecule has 2 N–H and O–H groups in total. The Morgan fingerprint density at radius 1 is 1.35 bits per heavy atom. The largest absolute Gasteiger partial charge is 0.486 e. The molecule has 4 heteroatoms. The van der Waals surface area contributed by atoms with Gasteiger partial charge in [0.2, 0.25) is 0 Å². The smallest absolute Gasteiger partial charge is 0.174 e. The van der Waals surface area contributed by atoms with Crippen molar-refractivity contribution in [3.8, 4) is 5.75 Å². The number of rotatable bonds is 4. The lowest BCUT2D eigenvalue weighted by atomic mass is 10.1. The number of hydrogen-bond donors (Lipinski definition) is 1. The van der Waals surface area contributed by atoms with Crippen LogP contribution in [0.3, 0.4) is 0 Å². The minimum atomic E-state index is 0.0426. The molecule has 90 valence electrons. The van der Waals surface area contributed by atoms with E-state index in [4.69, 9.17) is 15.0 Å². The van der Waals surface area contributed by atoms with Crippen molar-refractivity contribution in [1.82, 2.24) is 5.16 Å². The average Bonchev–Trinajstić information content (AvgIpc) is 2.73. The first kappa shape index (κ1) is 11.7. The van der Waals surface area contributed by atoms with Gasteiger partial charge in [0.15, 0.2) is 5.76 Å². The Hall–Kier alpha value is -1.81. The van der Waals surface area contributed by atoms with Gasteiger partial charge < -0.3 is 15.0 Å². The van der Waals surface area contributed by atoms with Gasteiger partial charge in [0.25, 0.3) is 0 Å². The van der Waals surface area contributed by atoms with E-state index in [0.29, 0.717) is 6.61 Å². The number of benzene rings is 1. The average molecular weight is 232 g/mol. The molecule has 0 saturated heterocycles. The summed E-state index contributed by atoms with van der Waals surface area (Å²) in [6, 6.07) is 9.64. The molecule has 1 heterocycles. The van der Waals surface area contributed by atoms with Crippen molar-refractivity contribution in [2.45, 2.75) is 26.5 Å². The standard InChI is InChI=1S/C13H16N2O2/c1-9-7-13(17-15-9)8-16-12-5-3-11(4-6-12)10(2)14/h3-7,10H,8,14H2,1-2H3/t10-/m1/s1. The highest BCUT2D eigenvalue weighted by atomic mass is 16.5. The van der Waals surface area contributed by atoms with Crippen molar-refractivity contribution in [1.29, 1.82) is 0 Å². The van der Waals surface area contributed by atoms with E-state index in [9.17, 15) is 0 Å². The van der Waals surface area contributed by atoms with Crippen LogP contribution >= 0.6 is 0 Å². The molecule has 0 spiro atoms. The summed E-state index contributed by atoms with van der Waals surface area (Å²) in [7, 11) is 0. The molecule has 1 atom stereocenters. The molecule has 0 aliphatic carbocycles. The van der Waals surface area contributed by atoms with Crippen molar-refractivity contribution in [3.05, 3.63) is 47.3 Å². The molecule has 0 radical (unpaired) electrons. The number of aryl methyl sites for hydroxylation is 1. The van der Waals surface area contributed by atoms with Gasteiger partial charge in [0, 0.05) is 12.1 Å². The molecule has 0 fully saturated rings. The zero-order chi connectivity index (χ0) is 12.3. The molecular weight excluding hydrogens is 216 g/mol. The molecule has 0 bridgehead atoms. The summed E-state index contributed by atoms with van der Waals surface area (Å²) in [5, 5.41) is 3.79. The summed E-state index contributed by atoms with van der Waals surface area (Å²) in [5.41, 5.74) is 7.72. The monoisotopic (exact) mass is 232 g/mol. The first-order valence-corrected chi connectivity index (χ1v) is 5.55. The molecule has 2 aromatic rings. The molecule has 0 aliphatic heterocycles. The minimum Gasteiger partial charge on any atom is -0.486 e. The quantitative estimate of drug-likeness (QED) is 0.880. The summed E-state index contributed by atoms with van der Waals surface area (Å²) >= 11 is 0. The lowest BCUT2D eigenvalue weighted by Crippen LogP contribution is -2.04. The summed E-state index contributed by atoms with van der Waals surface area (Å²) in [4.78, 5) is 0. The maximum Gasteiger partial charge on any atom is 0.174 e. The van der Waals surface area contributed by atoms with Crippen LogP contribution in [0.2, 0.25) is 0 Å². The fraction of sp³-hybridized carbons (Fsp3) is 0.308. The summed E-state index contributed by atoms with van der Waals surface area (Å²) in [5.74, 6) is 1.52. The summed E-state index contributed by atoms with van der Waals surface area (Å²) in [6.07, 6.45) is 0. The zero-order valence-electron chi connectivity index (χ0n) is 10.0. The van der Waals surface area contributed by atoms with E-state index in [-0.39, 0.29) is 6.04 Å². The van der Waals surface area contributed by atoms with Gasteiger partial charge in [-0.25, -0.2) is 0 Å². The van der Waals surface area contributed by atoms with Crippen LogP contribution in [-0.2, 0) is 6.61 Å². The number of hydrogen-bond acceptors (Lipinski definition) is 4. The highest BCUT2D eigenvalue weighted by Gasteiger charge is 2.03. The molecule has 1 aromatic carbocycles. The normalized spacial score (nSPS) is 12.4. The Morgan fingerprint density at radius 2 is 2.06 bits per heavy atom. The maximum atomic E-state index is 5.77. The maximum absolute atomic E-state index is 5.77. The van der Waals surface area contributed by atoms with Crippen LogP contribution in [0.25, 0.3) is 0 Å². The van der Waals surface area contributed by atoms with Gasteiger partial charge in [-0.2, -0.15) is 0 Å². The van der Waals surface area contributed by atoms with E-state index in [1.807, 2.05) is 44.2 Å². The predicted molar refractivity (Wildman–Crippen MR) is 64.6 cm³/mol. The number of nitrogens with zero attached hydrogens (tertiary/aromatic N) is 1. The van der Waals surface area contributed by atoms with E-state index in [1.165, 1.54) is 0 Å². The van der Waals surface area contributed by atoms with Crippen LogP contribution in [0.5, 0.6) is 5.75 Å². The molecule has 0 amide bonds. The van der Waals surface area contributed by atoms with Crippen LogP contribution in [0.4, 0.5) is 0 Å². The van der Waals surface area contributed by atoms with Crippen molar-refractivity contribution >= 4 is 0 Å². The van der Waals surface area contributed by atoms with Crippen LogP contribution < -0.4 is 10.5 Å². The Labute approximate surface area is 100 Å². The number of ether oxygens (including phenoxy) is 1. The van der Waals surface area contributed by atoms with Gasteiger partial charge in [-0.1, -0.05) is 17.3 Å². The molecule has 4 nitrogen and oxygen atoms in total. The van der Waals surface area contributed by atoms with Crippen molar-refractivity contribution in [3.63, 3.8) is 0 Å². The highest BCUT2D eigenvalue weighted by Crippen LogP contribution is 2.17. The third-order valence-corrected chi connectivity index (χ3v) is 2.46. The number of nitrogens with two attached hydrogens (primary N) is 1. The topological polar surface area (TPSA) is 61.3 Å². The van der Waals surface area contributed by atoms with E-state index >= 15 is 0 Å². The van der Waals surface area contributed by atoms with Gasteiger partial charge in [-0.15, -0.1) is 0 Å². The molecular formula is C13H16N2O2. The van der Waals surface area contributed by atoms with Crippen LogP contribution in [0.15, 0.2) is 34.9 Å². The van der Waals surface area contributed by atoms with Crippen molar-refractivity contribution in [2.24, 2.45) is 5.73 Å². The van der Waals surface area contributed by atoms with Gasteiger partial charge in [-0.05, 0) is 31.5 Å². The zero-order valence-corrected chi connectivity index (χ0v) is 10.0. The number of aromatic nitrogens is 1. The Balaban J connectivity index is 1.95. The fourth-order valence-electron chi connectivity index (χ4n) is 1.51. The third-order valence-electron chi connectivity index (χ3n) is 2.46. The summed E-state index contributed by atoms with van der Waals surface area (Å²) < 4.78 is 10.6. The molecule has 2 rings (SSSR count). The van der Waals surface area contributed by atoms with Crippen molar-refractivity contribution in [2.75, 3.05) is 0 Å². The van der Waals surface area contributed by atoms with Crippen molar-refractivity contribution < 1.29 is 9.26 Å². The first-order chi connectivity index (χ1) is 8.15. The van der Waals surface area contributed by atoms with Gasteiger partial charge >= 0.3 is 0 Å².